The van der Waals surface area contributed by atoms with Gasteiger partial charge in [-0.25, -0.2) is 4.98 Å². The van der Waals surface area contributed by atoms with Gasteiger partial charge in [-0.2, -0.15) is 0 Å². The van der Waals surface area contributed by atoms with Crippen LogP contribution in [0.15, 0.2) is 28.9 Å². The highest BCUT2D eigenvalue weighted by Crippen LogP contribution is 2.24. The van der Waals surface area contributed by atoms with Crippen molar-refractivity contribution in [1.29, 1.82) is 0 Å². The van der Waals surface area contributed by atoms with Gasteiger partial charge in [-0.05, 0) is 31.9 Å². The van der Waals surface area contributed by atoms with Crippen LogP contribution < -0.4 is 5.32 Å². The van der Waals surface area contributed by atoms with Crippen molar-refractivity contribution in [3.05, 3.63) is 41.9 Å². The molecule has 0 unspecified atom stereocenters. The summed E-state index contributed by atoms with van der Waals surface area (Å²) in [5.74, 6) is 3.74. The Morgan fingerprint density at radius 2 is 2.44 bits per heavy atom. The van der Waals surface area contributed by atoms with Gasteiger partial charge in [0.15, 0.2) is 0 Å². The van der Waals surface area contributed by atoms with E-state index >= 15 is 0 Å². The largest absolute Gasteiger partial charge is 0.465 e. The summed E-state index contributed by atoms with van der Waals surface area (Å²) in [6.45, 7) is 4.85. The summed E-state index contributed by atoms with van der Waals surface area (Å²) in [6, 6.07) is 4.04. The van der Waals surface area contributed by atoms with Crippen molar-refractivity contribution in [2.45, 2.75) is 38.8 Å². The average molecular weight is 245 g/mol. The molecule has 0 aromatic carbocycles. The van der Waals surface area contributed by atoms with Crippen LogP contribution in [0.1, 0.15) is 36.1 Å². The molecule has 96 valence electrons. The average Bonchev–Trinajstić information content (AvgIpc) is 2.98. The minimum Gasteiger partial charge on any atom is -0.465 e. The van der Waals surface area contributed by atoms with Gasteiger partial charge in [0.2, 0.25) is 0 Å². The monoisotopic (exact) mass is 245 g/mol. The number of hydrogen-bond acceptors (Lipinski definition) is 3. The number of aryl methyl sites for hydroxylation is 2. The van der Waals surface area contributed by atoms with Gasteiger partial charge in [-0.1, -0.05) is 0 Å². The Balaban J connectivity index is 1.55. The van der Waals surface area contributed by atoms with E-state index in [-0.39, 0.29) is 0 Å². The Bertz CT molecular complexity index is 515. The van der Waals surface area contributed by atoms with Crippen molar-refractivity contribution in [3.8, 4) is 0 Å². The van der Waals surface area contributed by atoms with Gasteiger partial charge in [-0.3, -0.25) is 0 Å². The van der Waals surface area contributed by atoms with E-state index in [9.17, 15) is 0 Å². The van der Waals surface area contributed by atoms with Crippen LogP contribution in [0.3, 0.4) is 0 Å². The molecule has 0 saturated carbocycles. The van der Waals surface area contributed by atoms with Gasteiger partial charge < -0.3 is 14.3 Å². The summed E-state index contributed by atoms with van der Waals surface area (Å²) < 4.78 is 7.81. The van der Waals surface area contributed by atoms with Crippen molar-refractivity contribution < 1.29 is 4.42 Å². The van der Waals surface area contributed by atoms with Crippen LogP contribution in [0.2, 0.25) is 0 Å². The summed E-state index contributed by atoms with van der Waals surface area (Å²) in [6.07, 6.45) is 6.46. The van der Waals surface area contributed by atoms with Crippen molar-refractivity contribution in [1.82, 2.24) is 14.9 Å². The highest BCUT2D eigenvalue weighted by Gasteiger charge is 2.20. The molecular weight excluding hydrogens is 226 g/mol. The smallest absolute Gasteiger partial charge is 0.117 e. The maximum absolute atomic E-state index is 5.54. The summed E-state index contributed by atoms with van der Waals surface area (Å²) in [7, 11) is 0. The van der Waals surface area contributed by atoms with Crippen LogP contribution >= 0.6 is 0 Å². The molecule has 4 nitrogen and oxygen atoms in total. The molecule has 3 rings (SSSR count). The van der Waals surface area contributed by atoms with Crippen molar-refractivity contribution in [3.63, 3.8) is 0 Å². The molecule has 0 aliphatic carbocycles. The summed E-state index contributed by atoms with van der Waals surface area (Å²) in [5, 5.41) is 3.47. The molecule has 0 spiro atoms. The van der Waals surface area contributed by atoms with Crippen LogP contribution in [0.4, 0.5) is 0 Å². The number of hydrogen-bond donors (Lipinski definition) is 1. The molecule has 0 bridgehead atoms. The van der Waals surface area contributed by atoms with Gasteiger partial charge >= 0.3 is 0 Å². The molecular formula is C14H19N3O. The second-order valence-electron chi connectivity index (χ2n) is 4.96. The lowest BCUT2D eigenvalue weighted by Crippen LogP contribution is -2.26. The van der Waals surface area contributed by atoms with E-state index in [2.05, 4.69) is 21.1 Å². The van der Waals surface area contributed by atoms with E-state index < -0.39 is 0 Å². The molecule has 0 saturated heterocycles. The molecule has 0 fully saturated rings. The van der Waals surface area contributed by atoms with E-state index in [0.29, 0.717) is 5.92 Å². The van der Waals surface area contributed by atoms with Gasteiger partial charge in [0.25, 0.3) is 0 Å². The van der Waals surface area contributed by atoms with Gasteiger partial charge in [-0.15, -0.1) is 0 Å². The highest BCUT2D eigenvalue weighted by atomic mass is 16.3. The second-order valence-corrected chi connectivity index (χ2v) is 4.96. The zero-order valence-corrected chi connectivity index (χ0v) is 10.7. The number of imidazole rings is 1. The van der Waals surface area contributed by atoms with Crippen LogP contribution in [0.5, 0.6) is 0 Å². The zero-order chi connectivity index (χ0) is 12.4. The number of fused-ring (bicyclic) bond motifs is 1. The van der Waals surface area contributed by atoms with Crippen LogP contribution in [0.25, 0.3) is 0 Å². The molecule has 0 amide bonds. The standard InChI is InChI=1S/C14H19N3O/c1-11-4-5-13(18-11)10-15-9-12-3-2-7-17-8-6-16-14(12)17/h4-6,8,12,15H,2-3,7,9-10H2,1H3/t12-/m1/s1. The third-order valence-corrected chi connectivity index (χ3v) is 3.55. The molecule has 1 N–H and O–H groups in total. The lowest BCUT2D eigenvalue weighted by Gasteiger charge is -2.23. The van der Waals surface area contributed by atoms with Gasteiger partial charge in [0, 0.05) is 31.4 Å². The molecule has 3 heterocycles. The van der Waals surface area contributed by atoms with Crippen molar-refractivity contribution in [2.75, 3.05) is 6.54 Å². The quantitative estimate of drug-likeness (QED) is 0.899. The van der Waals surface area contributed by atoms with Gasteiger partial charge in [0.1, 0.15) is 17.3 Å². The van der Waals surface area contributed by atoms with E-state index in [1.807, 2.05) is 25.3 Å². The fraction of sp³-hybridized carbons (Fsp3) is 0.500. The SMILES string of the molecule is Cc1ccc(CNC[C@H]2CCCn3ccnc32)o1. The van der Waals surface area contributed by atoms with Crippen LogP contribution in [-0.4, -0.2) is 16.1 Å². The Labute approximate surface area is 107 Å². The number of aromatic nitrogens is 2. The first-order valence-electron chi connectivity index (χ1n) is 6.60. The van der Waals surface area contributed by atoms with E-state index in [1.165, 1.54) is 18.7 Å². The molecule has 0 radical (unpaired) electrons. The first kappa shape index (κ1) is 11.5. The van der Waals surface area contributed by atoms with E-state index in [0.717, 1.165) is 31.2 Å². The lowest BCUT2D eigenvalue weighted by atomic mass is 9.99. The summed E-state index contributed by atoms with van der Waals surface area (Å²) >= 11 is 0. The third kappa shape index (κ3) is 2.34. The maximum Gasteiger partial charge on any atom is 0.117 e. The third-order valence-electron chi connectivity index (χ3n) is 3.55. The molecule has 4 heteroatoms. The van der Waals surface area contributed by atoms with Crippen LogP contribution in [0, 0.1) is 6.92 Å². The second kappa shape index (κ2) is 4.98. The van der Waals surface area contributed by atoms with E-state index in [4.69, 9.17) is 4.42 Å². The van der Waals surface area contributed by atoms with E-state index in [1.54, 1.807) is 0 Å². The van der Waals surface area contributed by atoms with Gasteiger partial charge in [0.05, 0.1) is 6.54 Å². The zero-order valence-electron chi connectivity index (χ0n) is 10.7. The number of nitrogens with one attached hydrogen (secondary N) is 1. The number of nitrogens with zero attached hydrogens (tertiary/aromatic N) is 2. The molecule has 1 atom stereocenters. The fourth-order valence-electron chi connectivity index (χ4n) is 2.65. The minimum atomic E-state index is 0.532. The van der Waals surface area contributed by atoms with Crippen molar-refractivity contribution in [2.24, 2.45) is 0 Å². The molecule has 18 heavy (non-hydrogen) atoms. The predicted molar refractivity (Wildman–Crippen MR) is 69.4 cm³/mol. The Morgan fingerprint density at radius 1 is 1.50 bits per heavy atom. The maximum atomic E-state index is 5.54. The Hall–Kier alpha value is -1.55. The first-order chi connectivity index (χ1) is 8.83. The predicted octanol–water partition coefficient (Wildman–Crippen LogP) is 2.45. The normalized spacial score (nSPS) is 18.8. The summed E-state index contributed by atoms with van der Waals surface area (Å²) in [5.41, 5.74) is 0. The van der Waals surface area contributed by atoms with Crippen LogP contribution in [-0.2, 0) is 13.1 Å². The number of rotatable bonds is 4. The lowest BCUT2D eigenvalue weighted by molar-refractivity contribution is 0.406. The summed E-state index contributed by atoms with van der Waals surface area (Å²) in [4.78, 5) is 4.47. The topological polar surface area (TPSA) is 43.0 Å². The Morgan fingerprint density at radius 3 is 3.28 bits per heavy atom. The molecule has 1 aliphatic heterocycles. The molecule has 2 aromatic rings. The molecule has 1 aliphatic rings. The number of furan rings is 1. The Kier molecular flexibility index (Phi) is 3.19. The highest BCUT2D eigenvalue weighted by molar-refractivity contribution is 5.06. The fourth-order valence-corrected chi connectivity index (χ4v) is 2.65. The molecule has 2 aromatic heterocycles. The first-order valence-corrected chi connectivity index (χ1v) is 6.60. The van der Waals surface area contributed by atoms with Crippen molar-refractivity contribution >= 4 is 0 Å². The minimum absolute atomic E-state index is 0.532.